The highest BCUT2D eigenvalue weighted by atomic mass is 35.5. The molecule has 0 aliphatic carbocycles. The molecule has 1 N–H and O–H groups in total. The lowest BCUT2D eigenvalue weighted by Crippen LogP contribution is -2.36. The number of halogens is 2. The smallest absolute Gasteiger partial charge is 0.239 e. The van der Waals surface area contributed by atoms with Crippen molar-refractivity contribution in [2.24, 2.45) is 0 Å². The zero-order chi connectivity index (χ0) is 19.3. The number of hydrogen-bond donors (Lipinski definition) is 1. The molecule has 140 valence electrons. The minimum Gasteiger partial charge on any atom is -0.325 e. The predicted molar refractivity (Wildman–Crippen MR) is 106 cm³/mol. The van der Waals surface area contributed by atoms with Gasteiger partial charge < -0.3 is 5.32 Å². The third-order valence-corrected chi connectivity index (χ3v) is 5.71. The molecule has 8 heteroatoms. The maximum Gasteiger partial charge on any atom is 0.239 e. The third kappa shape index (κ3) is 5.99. The molecule has 0 atom stereocenters. The Morgan fingerprint density at radius 1 is 1.04 bits per heavy atom. The number of aryl methyl sites for hydroxylation is 1. The Labute approximate surface area is 164 Å². The SMILES string of the molecule is CCc1ccc(NC(=O)CN(Cc2ccc(Cl)c(Cl)c2)S(C)(=O)=O)cc1. The van der Waals surface area contributed by atoms with Gasteiger partial charge in [0, 0.05) is 12.2 Å². The molecular formula is C18H20Cl2N2O3S. The van der Waals surface area contributed by atoms with Crippen molar-refractivity contribution in [2.45, 2.75) is 19.9 Å². The van der Waals surface area contributed by atoms with Crippen molar-refractivity contribution < 1.29 is 13.2 Å². The molecule has 0 heterocycles. The summed E-state index contributed by atoms with van der Waals surface area (Å²) in [5.74, 6) is -0.417. The fourth-order valence-electron chi connectivity index (χ4n) is 2.32. The predicted octanol–water partition coefficient (Wildman–Crippen LogP) is 3.96. The van der Waals surface area contributed by atoms with Gasteiger partial charge in [0.1, 0.15) is 0 Å². The highest BCUT2D eigenvalue weighted by molar-refractivity contribution is 7.88. The number of sulfonamides is 1. The van der Waals surface area contributed by atoms with Crippen LogP contribution in [0.2, 0.25) is 10.0 Å². The topological polar surface area (TPSA) is 66.5 Å². The van der Waals surface area contributed by atoms with Gasteiger partial charge in [0.25, 0.3) is 0 Å². The first kappa shape index (κ1) is 20.7. The van der Waals surface area contributed by atoms with Crippen molar-refractivity contribution >= 4 is 44.8 Å². The molecule has 1 amide bonds. The highest BCUT2D eigenvalue weighted by Crippen LogP contribution is 2.23. The number of nitrogens with one attached hydrogen (secondary N) is 1. The number of carbonyl (C=O) groups excluding carboxylic acids is 1. The van der Waals surface area contributed by atoms with E-state index in [0.717, 1.165) is 22.5 Å². The van der Waals surface area contributed by atoms with Crippen molar-refractivity contribution in [3.05, 3.63) is 63.6 Å². The van der Waals surface area contributed by atoms with Crippen LogP contribution < -0.4 is 5.32 Å². The normalized spacial score (nSPS) is 11.6. The minimum atomic E-state index is -3.59. The lowest BCUT2D eigenvalue weighted by Gasteiger charge is -2.20. The molecule has 0 radical (unpaired) electrons. The van der Waals surface area contributed by atoms with E-state index in [0.29, 0.717) is 21.3 Å². The fraction of sp³-hybridized carbons (Fsp3) is 0.278. The number of carbonyl (C=O) groups is 1. The minimum absolute atomic E-state index is 0.0257. The van der Waals surface area contributed by atoms with Crippen LogP contribution in [0.3, 0.4) is 0 Å². The van der Waals surface area contributed by atoms with Gasteiger partial charge in [0.2, 0.25) is 15.9 Å². The molecule has 5 nitrogen and oxygen atoms in total. The van der Waals surface area contributed by atoms with Crippen molar-refractivity contribution in [1.82, 2.24) is 4.31 Å². The van der Waals surface area contributed by atoms with E-state index in [1.165, 1.54) is 0 Å². The molecule has 0 spiro atoms. The second kappa shape index (κ2) is 8.86. The Morgan fingerprint density at radius 2 is 1.65 bits per heavy atom. The van der Waals surface area contributed by atoms with Crippen molar-refractivity contribution in [1.29, 1.82) is 0 Å². The molecule has 0 aliphatic rings. The maximum absolute atomic E-state index is 12.3. The summed E-state index contributed by atoms with van der Waals surface area (Å²) in [4.78, 5) is 12.3. The van der Waals surface area contributed by atoms with Gasteiger partial charge in [0.05, 0.1) is 22.8 Å². The fourth-order valence-corrected chi connectivity index (χ4v) is 3.37. The van der Waals surface area contributed by atoms with Crippen LogP contribution in [0.5, 0.6) is 0 Å². The van der Waals surface area contributed by atoms with Crippen LogP contribution >= 0.6 is 23.2 Å². The second-order valence-electron chi connectivity index (χ2n) is 5.88. The first-order valence-corrected chi connectivity index (χ1v) is 10.6. The molecule has 0 saturated heterocycles. The lowest BCUT2D eigenvalue weighted by molar-refractivity contribution is -0.116. The number of rotatable bonds is 7. The molecular weight excluding hydrogens is 395 g/mol. The van der Waals surface area contributed by atoms with Crippen LogP contribution in [0.1, 0.15) is 18.1 Å². The van der Waals surface area contributed by atoms with Gasteiger partial charge in [-0.15, -0.1) is 0 Å². The van der Waals surface area contributed by atoms with Crippen LogP contribution in [-0.2, 0) is 27.8 Å². The standard InChI is InChI=1S/C18H20Cl2N2O3S/c1-3-13-4-7-15(8-5-13)21-18(23)12-22(26(2,24)25)11-14-6-9-16(19)17(20)10-14/h4-10H,3,11-12H2,1-2H3,(H,21,23). The molecule has 0 bridgehead atoms. The van der Waals surface area contributed by atoms with Gasteiger partial charge in [-0.1, -0.05) is 48.3 Å². The molecule has 2 aromatic carbocycles. The Balaban J connectivity index is 2.09. The summed E-state index contributed by atoms with van der Waals surface area (Å²) in [5, 5.41) is 3.43. The largest absolute Gasteiger partial charge is 0.325 e. The van der Waals surface area contributed by atoms with Crippen molar-refractivity contribution in [2.75, 3.05) is 18.1 Å². The Kier molecular flexibility index (Phi) is 7.06. The summed E-state index contributed by atoms with van der Waals surface area (Å²) < 4.78 is 25.2. The Bertz CT molecular complexity index is 884. The number of anilines is 1. The molecule has 0 saturated carbocycles. The van der Waals surface area contributed by atoms with Crippen LogP contribution in [0.15, 0.2) is 42.5 Å². The van der Waals surface area contributed by atoms with E-state index in [1.807, 2.05) is 19.1 Å². The monoisotopic (exact) mass is 414 g/mol. The number of nitrogens with zero attached hydrogens (tertiary/aromatic N) is 1. The summed E-state index contributed by atoms with van der Waals surface area (Å²) in [5.41, 5.74) is 2.42. The number of amides is 1. The van der Waals surface area contributed by atoms with Gasteiger partial charge >= 0.3 is 0 Å². The highest BCUT2D eigenvalue weighted by Gasteiger charge is 2.21. The van der Waals surface area contributed by atoms with E-state index in [2.05, 4.69) is 5.32 Å². The molecule has 0 aromatic heterocycles. The summed E-state index contributed by atoms with van der Waals surface area (Å²) in [7, 11) is -3.59. The summed E-state index contributed by atoms with van der Waals surface area (Å²) >= 11 is 11.8. The van der Waals surface area contributed by atoms with Crippen LogP contribution in [0.25, 0.3) is 0 Å². The molecule has 0 fully saturated rings. The molecule has 0 unspecified atom stereocenters. The van der Waals surface area contributed by atoms with Crippen molar-refractivity contribution in [3.63, 3.8) is 0 Å². The lowest BCUT2D eigenvalue weighted by atomic mass is 10.1. The summed E-state index contributed by atoms with van der Waals surface area (Å²) in [6.07, 6.45) is 1.97. The van der Waals surface area contributed by atoms with E-state index in [9.17, 15) is 13.2 Å². The van der Waals surface area contributed by atoms with Gasteiger partial charge in [-0.25, -0.2) is 8.42 Å². The van der Waals surface area contributed by atoms with E-state index in [1.54, 1.807) is 30.3 Å². The van der Waals surface area contributed by atoms with E-state index in [4.69, 9.17) is 23.2 Å². The molecule has 26 heavy (non-hydrogen) atoms. The molecule has 0 aliphatic heterocycles. The quantitative estimate of drug-likeness (QED) is 0.745. The summed E-state index contributed by atoms with van der Waals surface area (Å²) in [6, 6.07) is 12.3. The van der Waals surface area contributed by atoms with Gasteiger partial charge in [-0.2, -0.15) is 4.31 Å². The average molecular weight is 415 g/mol. The van der Waals surface area contributed by atoms with Crippen LogP contribution in [0.4, 0.5) is 5.69 Å². The molecule has 2 aromatic rings. The van der Waals surface area contributed by atoms with Crippen molar-refractivity contribution in [3.8, 4) is 0 Å². The average Bonchev–Trinajstić information content (AvgIpc) is 2.57. The van der Waals surface area contributed by atoms with Gasteiger partial charge in [-0.05, 0) is 41.8 Å². The zero-order valence-corrected chi connectivity index (χ0v) is 16.8. The Hall–Kier alpha value is -1.60. The van der Waals surface area contributed by atoms with E-state index >= 15 is 0 Å². The number of benzene rings is 2. The van der Waals surface area contributed by atoms with E-state index in [-0.39, 0.29) is 13.1 Å². The first-order valence-electron chi connectivity index (χ1n) is 7.97. The third-order valence-electron chi connectivity index (χ3n) is 3.78. The molecule has 2 rings (SSSR count). The second-order valence-corrected chi connectivity index (χ2v) is 8.68. The van der Waals surface area contributed by atoms with Crippen LogP contribution in [0, 0.1) is 0 Å². The Morgan fingerprint density at radius 3 is 2.19 bits per heavy atom. The van der Waals surface area contributed by atoms with Gasteiger partial charge in [-0.3, -0.25) is 4.79 Å². The van der Waals surface area contributed by atoms with Crippen LogP contribution in [-0.4, -0.2) is 31.4 Å². The maximum atomic E-state index is 12.3. The van der Waals surface area contributed by atoms with Gasteiger partial charge in [0.15, 0.2) is 0 Å². The summed E-state index contributed by atoms with van der Waals surface area (Å²) in [6.45, 7) is 1.77. The number of hydrogen-bond acceptors (Lipinski definition) is 3. The zero-order valence-electron chi connectivity index (χ0n) is 14.5. The first-order chi connectivity index (χ1) is 12.2. The van der Waals surface area contributed by atoms with E-state index < -0.39 is 15.9 Å².